The lowest BCUT2D eigenvalue weighted by molar-refractivity contribution is 0.0722. The average Bonchev–Trinajstić information content (AvgIpc) is 3.58. The van der Waals surface area contributed by atoms with Gasteiger partial charge in [-0.15, -0.1) is 0 Å². The number of pyridine rings is 1. The summed E-state index contributed by atoms with van der Waals surface area (Å²) >= 11 is 0. The number of aryl methyl sites for hydroxylation is 2. The lowest BCUT2D eigenvalue weighted by Gasteiger charge is -2.28. The minimum atomic E-state index is -0.0750. The molecule has 0 aliphatic carbocycles. The van der Waals surface area contributed by atoms with Crippen LogP contribution in [0.2, 0.25) is 0 Å². The number of carbonyl (C=O) groups is 2. The highest BCUT2D eigenvalue weighted by Gasteiger charge is 2.33. The van der Waals surface area contributed by atoms with Gasteiger partial charge in [-0.3, -0.25) is 19.3 Å². The molecule has 1 fully saturated rings. The van der Waals surface area contributed by atoms with E-state index in [1.165, 1.54) is 0 Å². The minimum absolute atomic E-state index is 0.0386. The van der Waals surface area contributed by atoms with Gasteiger partial charge in [-0.1, -0.05) is 0 Å². The summed E-state index contributed by atoms with van der Waals surface area (Å²) in [6.07, 6.45) is 6.19. The van der Waals surface area contributed by atoms with Gasteiger partial charge in [-0.2, -0.15) is 5.10 Å². The van der Waals surface area contributed by atoms with Gasteiger partial charge in [0.2, 0.25) is 0 Å². The summed E-state index contributed by atoms with van der Waals surface area (Å²) in [6, 6.07) is 9.40. The van der Waals surface area contributed by atoms with Gasteiger partial charge < -0.3 is 9.80 Å². The molecular formula is C28H29N7O2. The Bertz CT molecular complexity index is 1510. The third-order valence-electron chi connectivity index (χ3n) is 7.42. The van der Waals surface area contributed by atoms with Gasteiger partial charge in [0, 0.05) is 55.3 Å². The molecule has 1 saturated heterocycles. The first-order chi connectivity index (χ1) is 18.0. The van der Waals surface area contributed by atoms with Crippen LogP contribution in [0.1, 0.15) is 61.9 Å². The number of aromatic nitrogens is 5. The van der Waals surface area contributed by atoms with E-state index >= 15 is 0 Å². The van der Waals surface area contributed by atoms with Gasteiger partial charge >= 0.3 is 0 Å². The zero-order chi connectivity index (χ0) is 25.5. The van der Waals surface area contributed by atoms with E-state index < -0.39 is 0 Å². The fourth-order valence-electron chi connectivity index (χ4n) is 5.24. The summed E-state index contributed by atoms with van der Waals surface area (Å²) in [4.78, 5) is 44.1. The standard InChI is InChI=1S/C28H29N7O2/c1-18-19(2)31-24-15-21(5-6-23(24)30-18)27(36)34-14-9-25-22(17-34)26(28(37)33-12-3-4-13-33)32-35(25)16-20-7-10-29-11-8-20/h5-8,10-11,15H,3-4,9,12-14,16-17H2,1-2H3. The lowest BCUT2D eigenvalue weighted by Crippen LogP contribution is -2.37. The third-order valence-corrected chi connectivity index (χ3v) is 7.42. The summed E-state index contributed by atoms with van der Waals surface area (Å²) < 4.78 is 1.94. The molecule has 0 saturated carbocycles. The van der Waals surface area contributed by atoms with Crippen molar-refractivity contribution in [2.24, 2.45) is 0 Å². The highest BCUT2D eigenvalue weighted by Crippen LogP contribution is 2.27. The Morgan fingerprint density at radius 3 is 2.35 bits per heavy atom. The first kappa shape index (κ1) is 23.3. The molecule has 0 radical (unpaired) electrons. The summed E-state index contributed by atoms with van der Waals surface area (Å²) in [6.45, 7) is 6.84. The monoisotopic (exact) mass is 495 g/mol. The second-order valence-corrected chi connectivity index (χ2v) is 9.86. The molecule has 4 aromatic rings. The van der Waals surface area contributed by atoms with Crippen molar-refractivity contribution >= 4 is 22.8 Å². The molecule has 5 heterocycles. The van der Waals surface area contributed by atoms with E-state index in [-0.39, 0.29) is 11.8 Å². The van der Waals surface area contributed by atoms with Crippen LogP contribution in [0.15, 0.2) is 42.7 Å². The number of fused-ring (bicyclic) bond motifs is 2. The number of likely N-dealkylation sites (tertiary alicyclic amines) is 1. The average molecular weight is 496 g/mol. The largest absolute Gasteiger partial charge is 0.337 e. The fraction of sp³-hybridized carbons (Fsp3) is 0.357. The molecular weight excluding hydrogens is 466 g/mol. The fourth-order valence-corrected chi connectivity index (χ4v) is 5.24. The molecule has 37 heavy (non-hydrogen) atoms. The molecule has 0 N–H and O–H groups in total. The second-order valence-electron chi connectivity index (χ2n) is 9.86. The van der Waals surface area contributed by atoms with Gasteiger partial charge in [0.25, 0.3) is 11.8 Å². The number of carbonyl (C=O) groups excluding carboxylic acids is 2. The van der Waals surface area contributed by atoms with Crippen molar-refractivity contribution in [1.29, 1.82) is 0 Å². The van der Waals surface area contributed by atoms with Crippen molar-refractivity contribution in [3.63, 3.8) is 0 Å². The Morgan fingerprint density at radius 2 is 1.59 bits per heavy atom. The molecule has 2 aliphatic heterocycles. The first-order valence-electron chi connectivity index (χ1n) is 12.8. The molecule has 2 aliphatic rings. The van der Waals surface area contributed by atoms with E-state index in [1.807, 2.05) is 58.7 Å². The number of benzene rings is 1. The van der Waals surface area contributed by atoms with Crippen molar-refractivity contribution in [1.82, 2.24) is 34.5 Å². The van der Waals surface area contributed by atoms with Crippen molar-refractivity contribution in [3.8, 4) is 0 Å². The van der Waals surface area contributed by atoms with Crippen LogP contribution in [0, 0.1) is 13.8 Å². The Hall–Kier alpha value is -4.14. The zero-order valence-electron chi connectivity index (χ0n) is 21.1. The molecule has 6 rings (SSSR count). The maximum Gasteiger partial charge on any atom is 0.274 e. The van der Waals surface area contributed by atoms with E-state index in [4.69, 9.17) is 5.10 Å². The zero-order valence-corrected chi connectivity index (χ0v) is 21.1. The minimum Gasteiger partial charge on any atom is -0.337 e. The smallest absolute Gasteiger partial charge is 0.274 e. The van der Waals surface area contributed by atoms with Gasteiger partial charge in [0.1, 0.15) is 0 Å². The Morgan fingerprint density at radius 1 is 0.865 bits per heavy atom. The van der Waals surface area contributed by atoms with Crippen molar-refractivity contribution in [2.45, 2.75) is 46.2 Å². The SMILES string of the molecule is Cc1nc2ccc(C(=O)N3CCc4c(c(C(=O)N5CCCC5)nn4Cc4ccncc4)C3)cc2nc1C. The van der Waals surface area contributed by atoms with Crippen LogP contribution in [-0.2, 0) is 19.5 Å². The number of rotatable bonds is 4. The number of amides is 2. The van der Waals surface area contributed by atoms with Crippen LogP contribution < -0.4 is 0 Å². The molecule has 0 unspecified atom stereocenters. The topological polar surface area (TPSA) is 97.1 Å². The van der Waals surface area contributed by atoms with Crippen LogP contribution in [0.4, 0.5) is 0 Å². The maximum atomic E-state index is 13.6. The molecule has 0 spiro atoms. The predicted octanol–water partition coefficient (Wildman–Crippen LogP) is 3.32. The third kappa shape index (κ3) is 4.34. The Labute approximate surface area is 215 Å². The normalized spacial score (nSPS) is 15.3. The van der Waals surface area contributed by atoms with Crippen LogP contribution in [0.3, 0.4) is 0 Å². The highest BCUT2D eigenvalue weighted by atomic mass is 16.2. The van der Waals surface area contributed by atoms with Crippen LogP contribution >= 0.6 is 0 Å². The number of nitrogens with zero attached hydrogens (tertiary/aromatic N) is 7. The van der Waals surface area contributed by atoms with Crippen LogP contribution in [0.5, 0.6) is 0 Å². The summed E-state index contributed by atoms with van der Waals surface area (Å²) in [5.74, 6) is -0.114. The van der Waals surface area contributed by atoms with Crippen molar-refractivity contribution < 1.29 is 9.59 Å². The molecule has 2 amide bonds. The Balaban J connectivity index is 1.32. The first-order valence-corrected chi connectivity index (χ1v) is 12.8. The number of hydrogen-bond donors (Lipinski definition) is 0. The molecule has 9 heteroatoms. The van der Waals surface area contributed by atoms with E-state index in [2.05, 4.69) is 15.0 Å². The molecule has 3 aromatic heterocycles. The van der Waals surface area contributed by atoms with Crippen LogP contribution in [0.25, 0.3) is 11.0 Å². The molecule has 0 atom stereocenters. The quantitative estimate of drug-likeness (QED) is 0.431. The van der Waals surface area contributed by atoms with Gasteiger partial charge in [0.15, 0.2) is 5.69 Å². The van der Waals surface area contributed by atoms with Gasteiger partial charge in [-0.05, 0) is 62.6 Å². The molecule has 1 aromatic carbocycles. The second kappa shape index (κ2) is 9.38. The number of hydrogen-bond acceptors (Lipinski definition) is 6. The van der Waals surface area contributed by atoms with Gasteiger partial charge in [-0.25, -0.2) is 9.97 Å². The predicted molar refractivity (Wildman–Crippen MR) is 138 cm³/mol. The molecule has 188 valence electrons. The summed E-state index contributed by atoms with van der Waals surface area (Å²) in [7, 11) is 0. The lowest BCUT2D eigenvalue weighted by atomic mass is 10.0. The van der Waals surface area contributed by atoms with E-state index in [9.17, 15) is 9.59 Å². The van der Waals surface area contributed by atoms with E-state index in [0.29, 0.717) is 42.8 Å². The Kier molecular flexibility index (Phi) is 5.90. The van der Waals surface area contributed by atoms with E-state index in [0.717, 1.165) is 59.7 Å². The van der Waals surface area contributed by atoms with Gasteiger partial charge in [0.05, 0.1) is 35.5 Å². The summed E-state index contributed by atoms with van der Waals surface area (Å²) in [5.41, 5.74) is 7.22. The van der Waals surface area contributed by atoms with E-state index in [1.54, 1.807) is 12.4 Å². The summed E-state index contributed by atoms with van der Waals surface area (Å²) in [5, 5.41) is 4.81. The van der Waals surface area contributed by atoms with Crippen molar-refractivity contribution in [2.75, 3.05) is 19.6 Å². The molecule has 0 bridgehead atoms. The van der Waals surface area contributed by atoms with Crippen LogP contribution in [-0.4, -0.2) is 66.0 Å². The maximum absolute atomic E-state index is 13.6. The highest BCUT2D eigenvalue weighted by molar-refractivity contribution is 5.98. The molecule has 9 nitrogen and oxygen atoms in total. The van der Waals surface area contributed by atoms with Crippen molar-refractivity contribution in [3.05, 3.63) is 82.2 Å².